The summed E-state index contributed by atoms with van der Waals surface area (Å²) in [4.78, 5) is 30.0. The van der Waals surface area contributed by atoms with Crippen molar-refractivity contribution in [1.82, 2.24) is 19.9 Å². The molecule has 2 aromatic heterocycles. The molecule has 0 aliphatic carbocycles. The number of carbonyl (C=O) groups excluding carboxylic acids is 1. The van der Waals surface area contributed by atoms with E-state index in [0.29, 0.717) is 49.3 Å². The van der Waals surface area contributed by atoms with Crippen LogP contribution in [0.1, 0.15) is 11.4 Å². The molecular formula is C23H27N7O2. The van der Waals surface area contributed by atoms with Crippen LogP contribution in [0.25, 0.3) is 0 Å². The molecule has 0 spiro atoms. The van der Waals surface area contributed by atoms with Crippen molar-refractivity contribution >= 4 is 29.2 Å². The number of aryl methyl sites for hydroxylation is 2. The van der Waals surface area contributed by atoms with Gasteiger partial charge in [-0.2, -0.15) is 0 Å². The number of urea groups is 1. The van der Waals surface area contributed by atoms with Gasteiger partial charge in [-0.25, -0.2) is 19.7 Å². The van der Waals surface area contributed by atoms with Crippen LogP contribution >= 0.6 is 0 Å². The Bertz CT molecular complexity index is 1100. The molecule has 1 aliphatic rings. The highest BCUT2D eigenvalue weighted by atomic mass is 16.5. The number of nitrogens with one attached hydrogen (secondary N) is 2. The van der Waals surface area contributed by atoms with Gasteiger partial charge < -0.3 is 25.2 Å². The molecule has 3 aromatic rings. The highest BCUT2D eigenvalue weighted by Crippen LogP contribution is 2.21. The summed E-state index contributed by atoms with van der Waals surface area (Å²) >= 11 is 0. The first-order valence-electron chi connectivity index (χ1n) is 10.5. The molecule has 0 bridgehead atoms. The zero-order valence-corrected chi connectivity index (χ0v) is 18.5. The molecule has 1 saturated heterocycles. The van der Waals surface area contributed by atoms with Gasteiger partial charge in [0.05, 0.1) is 7.11 Å². The van der Waals surface area contributed by atoms with Gasteiger partial charge in [0.2, 0.25) is 0 Å². The minimum absolute atomic E-state index is 0.121. The number of piperazine rings is 1. The van der Waals surface area contributed by atoms with Crippen LogP contribution in [0.15, 0.2) is 48.7 Å². The molecule has 32 heavy (non-hydrogen) atoms. The number of amides is 2. The quantitative estimate of drug-likeness (QED) is 0.635. The molecule has 0 atom stereocenters. The minimum atomic E-state index is -0.121. The zero-order valence-electron chi connectivity index (χ0n) is 18.5. The number of hydrogen-bond acceptors (Lipinski definition) is 7. The van der Waals surface area contributed by atoms with Gasteiger partial charge in [0.15, 0.2) is 0 Å². The summed E-state index contributed by atoms with van der Waals surface area (Å²) in [5, 5.41) is 6.19. The first-order chi connectivity index (χ1) is 15.5. The lowest BCUT2D eigenvalue weighted by atomic mass is 10.3. The molecule has 2 amide bonds. The normalized spacial score (nSPS) is 13.6. The lowest BCUT2D eigenvalue weighted by Gasteiger charge is -2.35. The minimum Gasteiger partial charge on any atom is -0.497 e. The van der Waals surface area contributed by atoms with Crippen molar-refractivity contribution in [2.24, 2.45) is 0 Å². The molecular weight excluding hydrogens is 406 g/mol. The summed E-state index contributed by atoms with van der Waals surface area (Å²) in [7, 11) is 1.60. The Morgan fingerprint density at radius 3 is 2.56 bits per heavy atom. The van der Waals surface area contributed by atoms with Crippen molar-refractivity contribution < 1.29 is 9.53 Å². The molecule has 1 aliphatic heterocycles. The molecule has 2 N–H and O–H groups in total. The standard InChI is InChI=1S/C23H27N7O2/c1-16-7-8-24-20(13-16)28-21-15-22(26-17(2)25-21)29-9-11-30(12-10-29)23(31)27-18-5-4-6-19(14-18)32-3/h4-8,13-15H,9-12H2,1-3H3,(H,27,31)(H,24,25,26,28). The van der Waals surface area contributed by atoms with E-state index in [1.54, 1.807) is 24.3 Å². The summed E-state index contributed by atoms with van der Waals surface area (Å²) in [6.45, 7) is 6.46. The lowest BCUT2D eigenvalue weighted by Crippen LogP contribution is -2.50. The Balaban J connectivity index is 1.38. The molecule has 9 heteroatoms. The first-order valence-corrected chi connectivity index (χ1v) is 10.5. The van der Waals surface area contributed by atoms with Gasteiger partial charge in [-0.15, -0.1) is 0 Å². The second-order valence-electron chi connectivity index (χ2n) is 7.64. The maximum atomic E-state index is 12.7. The van der Waals surface area contributed by atoms with Crippen molar-refractivity contribution in [3.05, 3.63) is 60.0 Å². The summed E-state index contributed by atoms with van der Waals surface area (Å²) in [6, 6.07) is 13.1. The zero-order chi connectivity index (χ0) is 22.5. The summed E-state index contributed by atoms with van der Waals surface area (Å²) < 4.78 is 5.21. The number of carbonyl (C=O) groups is 1. The van der Waals surface area contributed by atoms with Crippen molar-refractivity contribution in [1.29, 1.82) is 0 Å². The number of pyridine rings is 1. The molecule has 4 rings (SSSR count). The van der Waals surface area contributed by atoms with Gasteiger partial charge in [-0.1, -0.05) is 6.07 Å². The third-order valence-corrected chi connectivity index (χ3v) is 5.21. The first kappa shape index (κ1) is 21.4. The molecule has 9 nitrogen and oxygen atoms in total. The molecule has 1 fully saturated rings. The number of ether oxygens (including phenoxy) is 1. The third kappa shape index (κ3) is 5.23. The second-order valence-corrected chi connectivity index (χ2v) is 7.64. The van der Waals surface area contributed by atoms with Crippen LogP contribution in [0.2, 0.25) is 0 Å². The van der Waals surface area contributed by atoms with Crippen molar-refractivity contribution in [2.75, 3.05) is 48.8 Å². The van der Waals surface area contributed by atoms with Crippen LogP contribution in [0, 0.1) is 13.8 Å². The van der Waals surface area contributed by atoms with Crippen molar-refractivity contribution in [2.45, 2.75) is 13.8 Å². The van der Waals surface area contributed by atoms with Gasteiger partial charge >= 0.3 is 6.03 Å². The molecule has 1 aromatic carbocycles. The van der Waals surface area contributed by atoms with E-state index < -0.39 is 0 Å². The predicted octanol–water partition coefficient (Wildman–Crippen LogP) is 3.59. The van der Waals surface area contributed by atoms with Gasteiger partial charge in [0, 0.05) is 50.2 Å². The highest BCUT2D eigenvalue weighted by molar-refractivity contribution is 5.89. The van der Waals surface area contributed by atoms with E-state index in [1.165, 1.54) is 0 Å². The lowest BCUT2D eigenvalue weighted by molar-refractivity contribution is 0.208. The number of benzene rings is 1. The van der Waals surface area contributed by atoms with E-state index in [2.05, 4.69) is 30.5 Å². The Labute approximate surface area is 187 Å². The fourth-order valence-electron chi connectivity index (χ4n) is 3.56. The predicted molar refractivity (Wildman–Crippen MR) is 125 cm³/mol. The van der Waals surface area contributed by atoms with Crippen LogP contribution < -0.4 is 20.3 Å². The average molecular weight is 434 g/mol. The van der Waals surface area contributed by atoms with Gasteiger partial charge in [-0.05, 0) is 43.7 Å². The Kier molecular flexibility index (Phi) is 6.34. The Hall–Kier alpha value is -3.88. The number of anilines is 4. The SMILES string of the molecule is COc1cccc(NC(=O)N2CCN(c3cc(Nc4cc(C)ccn4)nc(C)n3)CC2)c1. The largest absolute Gasteiger partial charge is 0.497 e. The fraction of sp³-hybridized carbons (Fsp3) is 0.304. The van der Waals surface area contributed by atoms with E-state index in [9.17, 15) is 4.79 Å². The summed E-state index contributed by atoms with van der Waals surface area (Å²) in [5.41, 5.74) is 1.83. The molecule has 166 valence electrons. The van der Waals surface area contributed by atoms with Crippen molar-refractivity contribution in [3.8, 4) is 5.75 Å². The van der Waals surface area contributed by atoms with Crippen LogP contribution in [0.5, 0.6) is 5.75 Å². The number of aromatic nitrogens is 3. The Morgan fingerprint density at radius 2 is 1.81 bits per heavy atom. The van der Waals surface area contributed by atoms with E-state index in [4.69, 9.17) is 4.74 Å². The average Bonchev–Trinajstić information content (AvgIpc) is 2.79. The number of rotatable bonds is 5. The fourth-order valence-corrected chi connectivity index (χ4v) is 3.56. The van der Waals surface area contributed by atoms with Gasteiger partial charge in [0.25, 0.3) is 0 Å². The van der Waals surface area contributed by atoms with Gasteiger partial charge in [0.1, 0.15) is 29.0 Å². The van der Waals surface area contributed by atoms with Crippen LogP contribution in [0.4, 0.5) is 27.9 Å². The summed E-state index contributed by atoms with van der Waals surface area (Å²) in [6.07, 6.45) is 1.77. The van der Waals surface area contributed by atoms with Crippen LogP contribution in [-0.2, 0) is 0 Å². The third-order valence-electron chi connectivity index (χ3n) is 5.21. The van der Waals surface area contributed by atoms with E-state index in [0.717, 1.165) is 17.2 Å². The number of methoxy groups -OCH3 is 1. The van der Waals surface area contributed by atoms with E-state index in [1.807, 2.05) is 50.2 Å². The van der Waals surface area contributed by atoms with E-state index in [-0.39, 0.29) is 6.03 Å². The van der Waals surface area contributed by atoms with Crippen molar-refractivity contribution in [3.63, 3.8) is 0 Å². The van der Waals surface area contributed by atoms with Gasteiger partial charge in [-0.3, -0.25) is 0 Å². The molecule has 0 unspecified atom stereocenters. The number of nitrogens with zero attached hydrogens (tertiary/aromatic N) is 5. The second kappa shape index (κ2) is 9.51. The monoisotopic (exact) mass is 433 g/mol. The number of hydrogen-bond donors (Lipinski definition) is 2. The molecule has 0 radical (unpaired) electrons. The highest BCUT2D eigenvalue weighted by Gasteiger charge is 2.22. The van der Waals surface area contributed by atoms with E-state index >= 15 is 0 Å². The maximum absolute atomic E-state index is 12.7. The summed E-state index contributed by atoms with van der Waals surface area (Å²) in [5.74, 6) is 3.66. The smallest absolute Gasteiger partial charge is 0.321 e. The maximum Gasteiger partial charge on any atom is 0.321 e. The molecule has 3 heterocycles. The van der Waals surface area contributed by atoms with Crippen LogP contribution in [-0.4, -0.2) is 59.2 Å². The van der Waals surface area contributed by atoms with Crippen LogP contribution in [0.3, 0.4) is 0 Å². The topological polar surface area (TPSA) is 95.5 Å². The molecule has 0 saturated carbocycles. The Morgan fingerprint density at radius 1 is 1.00 bits per heavy atom.